The standard InChI is InChI=1S/C10H7BrNO/c1-6-2-3-7-4-5-8(13)9(11)10(7)12-6/h2-5,13H,1H2. The predicted octanol–water partition coefficient (Wildman–Crippen LogP) is 2.89. The van der Waals surface area contributed by atoms with Crippen molar-refractivity contribution in [2.45, 2.75) is 0 Å². The van der Waals surface area contributed by atoms with Crippen LogP contribution in [0.1, 0.15) is 5.69 Å². The van der Waals surface area contributed by atoms with Crippen LogP contribution in [0.25, 0.3) is 10.9 Å². The minimum atomic E-state index is 0.200. The van der Waals surface area contributed by atoms with Gasteiger partial charge >= 0.3 is 0 Å². The second-order valence-corrected chi connectivity index (χ2v) is 3.57. The Balaban J connectivity index is 2.89. The number of fused-ring (bicyclic) bond motifs is 1. The summed E-state index contributed by atoms with van der Waals surface area (Å²) in [4.78, 5) is 4.22. The van der Waals surface area contributed by atoms with Crippen molar-refractivity contribution in [1.82, 2.24) is 4.98 Å². The van der Waals surface area contributed by atoms with Gasteiger partial charge < -0.3 is 5.11 Å². The lowest BCUT2D eigenvalue weighted by molar-refractivity contribution is 0.473. The molecule has 65 valence electrons. The summed E-state index contributed by atoms with van der Waals surface area (Å²) < 4.78 is 0.621. The third-order valence-corrected chi connectivity index (χ3v) is 2.62. The van der Waals surface area contributed by atoms with Crippen LogP contribution in [0.2, 0.25) is 0 Å². The largest absolute Gasteiger partial charge is 0.507 e. The Morgan fingerprint density at radius 3 is 2.69 bits per heavy atom. The number of aromatic nitrogens is 1. The molecule has 0 unspecified atom stereocenters. The van der Waals surface area contributed by atoms with E-state index in [1.54, 1.807) is 6.07 Å². The first-order chi connectivity index (χ1) is 6.18. The maximum atomic E-state index is 9.40. The molecule has 1 radical (unpaired) electrons. The molecule has 0 atom stereocenters. The highest BCUT2D eigenvalue weighted by molar-refractivity contribution is 9.10. The van der Waals surface area contributed by atoms with Gasteiger partial charge in [-0.05, 0) is 41.1 Å². The van der Waals surface area contributed by atoms with Crippen LogP contribution < -0.4 is 0 Å². The van der Waals surface area contributed by atoms with Crippen molar-refractivity contribution in [3.8, 4) is 5.75 Å². The Labute approximate surface area is 84.4 Å². The summed E-state index contributed by atoms with van der Waals surface area (Å²) in [6, 6.07) is 7.22. The van der Waals surface area contributed by atoms with Gasteiger partial charge in [-0.2, -0.15) is 0 Å². The first kappa shape index (κ1) is 8.51. The molecule has 0 saturated carbocycles. The van der Waals surface area contributed by atoms with Gasteiger partial charge in [0, 0.05) is 11.1 Å². The molecule has 0 spiro atoms. The zero-order valence-corrected chi connectivity index (χ0v) is 8.37. The van der Waals surface area contributed by atoms with E-state index < -0.39 is 0 Å². The SMILES string of the molecule is [CH2]c1ccc2ccc(O)c(Br)c2n1. The van der Waals surface area contributed by atoms with Crippen molar-refractivity contribution in [3.63, 3.8) is 0 Å². The fraction of sp³-hybridized carbons (Fsp3) is 0. The Morgan fingerprint density at radius 1 is 1.23 bits per heavy atom. The van der Waals surface area contributed by atoms with Crippen LogP contribution >= 0.6 is 15.9 Å². The fourth-order valence-corrected chi connectivity index (χ4v) is 1.63. The molecular weight excluding hydrogens is 230 g/mol. The van der Waals surface area contributed by atoms with Crippen LogP contribution in [-0.4, -0.2) is 10.1 Å². The average Bonchev–Trinajstić information content (AvgIpc) is 2.12. The van der Waals surface area contributed by atoms with Gasteiger partial charge in [0.25, 0.3) is 0 Å². The number of phenolic OH excluding ortho intramolecular Hbond substituents is 1. The number of hydrogen-bond acceptors (Lipinski definition) is 2. The molecule has 0 aliphatic heterocycles. The minimum Gasteiger partial charge on any atom is -0.507 e. The summed E-state index contributed by atoms with van der Waals surface area (Å²) in [7, 11) is 0. The first-order valence-corrected chi connectivity index (χ1v) is 4.58. The zero-order chi connectivity index (χ0) is 9.42. The van der Waals surface area contributed by atoms with E-state index in [1.807, 2.05) is 18.2 Å². The molecule has 0 aliphatic carbocycles. The molecule has 2 nitrogen and oxygen atoms in total. The Morgan fingerprint density at radius 2 is 1.92 bits per heavy atom. The van der Waals surface area contributed by atoms with E-state index in [2.05, 4.69) is 27.8 Å². The number of hydrogen-bond donors (Lipinski definition) is 1. The minimum absolute atomic E-state index is 0.200. The van der Waals surface area contributed by atoms with E-state index in [1.165, 1.54) is 0 Å². The van der Waals surface area contributed by atoms with Crippen molar-refractivity contribution in [1.29, 1.82) is 0 Å². The van der Waals surface area contributed by atoms with Gasteiger partial charge in [-0.1, -0.05) is 6.07 Å². The van der Waals surface area contributed by atoms with Crippen LogP contribution in [0.3, 0.4) is 0 Å². The molecule has 1 aromatic heterocycles. The summed E-state index contributed by atoms with van der Waals surface area (Å²) in [6.07, 6.45) is 0. The monoisotopic (exact) mass is 236 g/mol. The predicted molar refractivity (Wildman–Crippen MR) is 55.6 cm³/mol. The molecule has 2 rings (SSSR count). The highest BCUT2D eigenvalue weighted by Crippen LogP contribution is 2.30. The van der Waals surface area contributed by atoms with Gasteiger partial charge in [0.1, 0.15) is 5.75 Å². The quantitative estimate of drug-likeness (QED) is 0.764. The molecule has 1 heterocycles. The Bertz CT molecular complexity index is 462. The number of phenols is 1. The molecular formula is C10H7BrNO. The van der Waals surface area contributed by atoms with E-state index in [4.69, 9.17) is 0 Å². The summed E-state index contributed by atoms with van der Waals surface area (Å²) in [5, 5.41) is 10.4. The molecule has 0 saturated heterocycles. The van der Waals surface area contributed by atoms with E-state index in [0.717, 1.165) is 10.9 Å². The fourth-order valence-electron chi connectivity index (χ4n) is 1.18. The molecule has 0 bridgehead atoms. The van der Waals surface area contributed by atoms with Gasteiger partial charge in [0.2, 0.25) is 0 Å². The van der Waals surface area contributed by atoms with Gasteiger partial charge in [-0.15, -0.1) is 0 Å². The molecule has 1 N–H and O–H groups in total. The normalized spacial score (nSPS) is 10.6. The number of pyridine rings is 1. The number of halogens is 1. The van der Waals surface area contributed by atoms with Crippen molar-refractivity contribution in [2.24, 2.45) is 0 Å². The van der Waals surface area contributed by atoms with E-state index in [9.17, 15) is 5.11 Å². The van der Waals surface area contributed by atoms with E-state index >= 15 is 0 Å². The second kappa shape index (κ2) is 3.00. The highest BCUT2D eigenvalue weighted by atomic mass is 79.9. The highest BCUT2D eigenvalue weighted by Gasteiger charge is 2.04. The Hall–Kier alpha value is -1.09. The topological polar surface area (TPSA) is 33.1 Å². The van der Waals surface area contributed by atoms with Crippen LogP contribution in [-0.2, 0) is 0 Å². The lowest BCUT2D eigenvalue weighted by Gasteiger charge is -2.02. The van der Waals surface area contributed by atoms with E-state index in [-0.39, 0.29) is 5.75 Å². The lowest BCUT2D eigenvalue weighted by Crippen LogP contribution is -1.84. The Kier molecular flexibility index (Phi) is 1.96. The summed E-state index contributed by atoms with van der Waals surface area (Å²) in [6.45, 7) is 3.73. The second-order valence-electron chi connectivity index (χ2n) is 2.77. The van der Waals surface area contributed by atoms with Gasteiger partial charge in [-0.3, -0.25) is 4.98 Å². The summed E-state index contributed by atoms with van der Waals surface area (Å²) in [5.41, 5.74) is 1.44. The van der Waals surface area contributed by atoms with Gasteiger partial charge in [-0.25, -0.2) is 0 Å². The van der Waals surface area contributed by atoms with Crippen molar-refractivity contribution in [3.05, 3.63) is 41.4 Å². The van der Waals surface area contributed by atoms with Crippen LogP contribution in [0.5, 0.6) is 5.75 Å². The molecule has 0 aliphatic rings. The van der Waals surface area contributed by atoms with Gasteiger partial charge in [0.15, 0.2) is 0 Å². The third-order valence-electron chi connectivity index (χ3n) is 1.84. The molecule has 2 aromatic rings. The third kappa shape index (κ3) is 1.40. The van der Waals surface area contributed by atoms with Gasteiger partial charge in [0.05, 0.1) is 9.99 Å². The number of benzene rings is 1. The van der Waals surface area contributed by atoms with Crippen LogP contribution in [0.15, 0.2) is 28.7 Å². The zero-order valence-electron chi connectivity index (χ0n) is 6.79. The van der Waals surface area contributed by atoms with Crippen molar-refractivity contribution in [2.75, 3.05) is 0 Å². The van der Waals surface area contributed by atoms with Crippen molar-refractivity contribution >= 4 is 26.8 Å². The maximum Gasteiger partial charge on any atom is 0.132 e. The number of nitrogens with zero attached hydrogens (tertiary/aromatic N) is 1. The number of rotatable bonds is 0. The molecule has 13 heavy (non-hydrogen) atoms. The molecule has 0 fully saturated rings. The summed E-state index contributed by atoms with van der Waals surface area (Å²) in [5.74, 6) is 0.200. The maximum absolute atomic E-state index is 9.40. The van der Waals surface area contributed by atoms with Crippen molar-refractivity contribution < 1.29 is 5.11 Å². The lowest BCUT2D eigenvalue weighted by atomic mass is 10.2. The van der Waals surface area contributed by atoms with Crippen LogP contribution in [0.4, 0.5) is 0 Å². The van der Waals surface area contributed by atoms with Crippen LogP contribution in [0, 0.1) is 6.92 Å². The molecule has 1 aromatic carbocycles. The summed E-state index contributed by atoms with van der Waals surface area (Å²) >= 11 is 3.27. The number of aromatic hydroxyl groups is 1. The average molecular weight is 237 g/mol. The van der Waals surface area contributed by atoms with E-state index in [0.29, 0.717) is 10.2 Å². The molecule has 0 amide bonds. The molecule has 3 heteroatoms. The smallest absolute Gasteiger partial charge is 0.132 e. The first-order valence-electron chi connectivity index (χ1n) is 3.78.